The molecule has 5 rings (SSSR count). The molecule has 0 saturated carbocycles. The van der Waals surface area contributed by atoms with Gasteiger partial charge in [-0.1, -0.05) is 46.5 Å². The number of fused-ring (bicyclic) bond motifs is 8. The zero-order valence-corrected chi connectivity index (χ0v) is 32.2. The number of allylic oxidation sites excluding steroid dienone is 4. The Morgan fingerprint density at radius 2 is 1.04 bits per heavy atom. The van der Waals surface area contributed by atoms with Crippen molar-refractivity contribution in [1.82, 2.24) is 19.9 Å². The first-order valence-electron chi connectivity index (χ1n) is 18.9. The lowest BCUT2D eigenvalue weighted by Crippen LogP contribution is -2.02. The van der Waals surface area contributed by atoms with E-state index in [1.807, 2.05) is 0 Å². The number of rotatable bonds is 14. The summed E-state index contributed by atoms with van der Waals surface area (Å²) >= 11 is 0. The number of esters is 2. The summed E-state index contributed by atoms with van der Waals surface area (Å²) in [6.45, 7) is 15.3. The summed E-state index contributed by atoms with van der Waals surface area (Å²) in [7, 11) is 2.86. The van der Waals surface area contributed by atoms with E-state index in [1.165, 1.54) is 67.8 Å². The Kier molecular flexibility index (Phi) is 12.4. The highest BCUT2D eigenvalue weighted by Gasteiger charge is 2.25. The number of aryl methyl sites for hydroxylation is 4. The van der Waals surface area contributed by atoms with Crippen LogP contribution < -0.4 is 0 Å². The van der Waals surface area contributed by atoms with Crippen LogP contribution in [-0.2, 0) is 38.3 Å². The SMILES string of the molecule is CCCCCCCc1c2nc(cc3[nH]c(cc4[nH]c(cc5nc1C(C)=C5CC)c(C)c4CCC(=O)OC)c(CCC(=O)OC)c3C)C(CC)=C2C. The molecule has 2 aliphatic rings. The molecule has 8 heteroatoms. The minimum atomic E-state index is -0.246. The number of nitrogens with zero attached hydrogens (tertiary/aromatic N) is 2. The Morgan fingerprint density at radius 1 is 0.588 bits per heavy atom. The summed E-state index contributed by atoms with van der Waals surface area (Å²) in [4.78, 5) is 42.9. The molecule has 5 heterocycles. The highest BCUT2D eigenvalue weighted by atomic mass is 16.5. The summed E-state index contributed by atoms with van der Waals surface area (Å²) in [5, 5.41) is 0. The lowest BCUT2D eigenvalue weighted by molar-refractivity contribution is -0.141. The van der Waals surface area contributed by atoms with Gasteiger partial charge in [0.2, 0.25) is 0 Å². The molecular formula is C43H56N4O4. The Morgan fingerprint density at radius 3 is 1.45 bits per heavy atom. The van der Waals surface area contributed by atoms with Gasteiger partial charge >= 0.3 is 11.9 Å². The number of aromatic amines is 2. The van der Waals surface area contributed by atoms with Gasteiger partial charge in [0.05, 0.1) is 37.0 Å². The van der Waals surface area contributed by atoms with Crippen molar-refractivity contribution in [2.24, 2.45) is 0 Å². The number of ether oxygens (including phenoxy) is 2. The minimum absolute atomic E-state index is 0.246. The lowest BCUT2D eigenvalue weighted by atomic mass is 9.94. The van der Waals surface area contributed by atoms with E-state index in [4.69, 9.17) is 19.4 Å². The molecule has 2 aliphatic heterocycles. The first kappa shape index (κ1) is 37.8. The molecule has 272 valence electrons. The number of hydrogen-bond acceptors (Lipinski definition) is 6. The van der Waals surface area contributed by atoms with Gasteiger partial charge in [-0.15, -0.1) is 0 Å². The van der Waals surface area contributed by atoms with Crippen LogP contribution in [0, 0.1) is 13.8 Å². The molecule has 3 aromatic rings. The standard InChI is InChI=1S/C43H56N4O4/c1-10-13-14-15-16-17-33-42-27(6)29(11-2)36(46-42)22-34-25(4)31(18-20-40(48)50-8)38(44-34)24-39-32(19-21-41(49)51-9)26(5)35(45-39)23-37-30(12-3)28(7)43(33)47-37/h22-24,44-45H,10-21H2,1-9H3. The van der Waals surface area contributed by atoms with Gasteiger partial charge in [0.15, 0.2) is 0 Å². The van der Waals surface area contributed by atoms with E-state index in [0.717, 1.165) is 92.8 Å². The quantitative estimate of drug-likeness (QED) is 0.129. The molecule has 0 aliphatic carbocycles. The van der Waals surface area contributed by atoms with Gasteiger partial charge in [0.25, 0.3) is 0 Å². The van der Waals surface area contributed by atoms with Crippen LogP contribution in [0.2, 0.25) is 0 Å². The van der Waals surface area contributed by atoms with E-state index < -0.39 is 0 Å². The number of H-pyrrole nitrogens is 2. The van der Waals surface area contributed by atoms with E-state index in [0.29, 0.717) is 12.8 Å². The summed E-state index contributed by atoms with van der Waals surface area (Å²) < 4.78 is 10.0. The number of carbonyl (C=O) groups is 2. The first-order chi connectivity index (χ1) is 24.6. The number of hydrogen-bond donors (Lipinski definition) is 2. The summed E-state index contributed by atoms with van der Waals surface area (Å²) in [5.41, 5.74) is 18.3. The Balaban J connectivity index is 1.91. The van der Waals surface area contributed by atoms with Crippen LogP contribution in [0.4, 0.5) is 0 Å². The maximum atomic E-state index is 12.3. The molecule has 0 radical (unpaired) electrons. The second kappa shape index (κ2) is 16.7. The van der Waals surface area contributed by atoms with Crippen molar-refractivity contribution in [3.63, 3.8) is 0 Å². The summed E-state index contributed by atoms with van der Waals surface area (Å²) in [6, 6.07) is 6.48. The topological polar surface area (TPSA) is 110 Å². The van der Waals surface area contributed by atoms with Crippen LogP contribution in [0.15, 0.2) is 18.2 Å². The zero-order valence-electron chi connectivity index (χ0n) is 32.2. The van der Waals surface area contributed by atoms with Gasteiger partial charge < -0.3 is 19.4 Å². The van der Waals surface area contributed by atoms with Crippen LogP contribution in [0.5, 0.6) is 0 Å². The third kappa shape index (κ3) is 7.90. The number of nitrogens with one attached hydrogen (secondary N) is 2. The highest BCUT2D eigenvalue weighted by Crippen LogP contribution is 2.40. The predicted molar refractivity (Wildman–Crippen MR) is 209 cm³/mol. The summed E-state index contributed by atoms with van der Waals surface area (Å²) in [5.74, 6) is -0.492. The molecule has 3 aromatic heterocycles. The third-order valence-corrected chi connectivity index (χ3v) is 10.9. The van der Waals surface area contributed by atoms with Crippen LogP contribution >= 0.6 is 0 Å². The molecule has 51 heavy (non-hydrogen) atoms. The molecule has 0 unspecified atom stereocenters. The molecule has 0 fully saturated rings. The van der Waals surface area contributed by atoms with Crippen molar-refractivity contribution in [3.8, 4) is 0 Å². The van der Waals surface area contributed by atoms with Crippen LogP contribution in [0.3, 0.4) is 0 Å². The van der Waals surface area contributed by atoms with Crippen molar-refractivity contribution in [2.45, 2.75) is 126 Å². The average Bonchev–Trinajstić information content (AvgIpc) is 3.80. The van der Waals surface area contributed by atoms with Crippen molar-refractivity contribution in [3.05, 3.63) is 68.8 Å². The molecule has 0 spiro atoms. The van der Waals surface area contributed by atoms with E-state index in [2.05, 4.69) is 76.6 Å². The minimum Gasteiger partial charge on any atom is -0.469 e. The fourth-order valence-corrected chi connectivity index (χ4v) is 7.80. The number of unbranched alkanes of at least 4 members (excludes halogenated alkanes) is 4. The molecule has 0 amide bonds. The maximum absolute atomic E-state index is 12.3. The van der Waals surface area contributed by atoms with Crippen molar-refractivity contribution in [2.75, 3.05) is 14.2 Å². The van der Waals surface area contributed by atoms with E-state index >= 15 is 0 Å². The van der Waals surface area contributed by atoms with Gasteiger partial charge in [-0.25, -0.2) is 9.97 Å². The van der Waals surface area contributed by atoms with E-state index in [9.17, 15) is 9.59 Å². The van der Waals surface area contributed by atoms with Gasteiger partial charge in [0.1, 0.15) is 0 Å². The third-order valence-electron chi connectivity index (χ3n) is 10.9. The fourth-order valence-electron chi connectivity index (χ4n) is 7.80. The second-order valence-electron chi connectivity index (χ2n) is 13.9. The first-order valence-corrected chi connectivity index (χ1v) is 18.9. The molecule has 0 atom stereocenters. The van der Waals surface area contributed by atoms with Crippen LogP contribution in [0.1, 0.15) is 143 Å². The average molecular weight is 693 g/mol. The predicted octanol–water partition coefficient (Wildman–Crippen LogP) is 10.3. The van der Waals surface area contributed by atoms with E-state index in [-0.39, 0.29) is 24.8 Å². The highest BCUT2D eigenvalue weighted by molar-refractivity contribution is 5.97. The summed E-state index contributed by atoms with van der Waals surface area (Å²) in [6.07, 6.45) is 10.2. The maximum Gasteiger partial charge on any atom is 0.305 e. The normalized spacial score (nSPS) is 13.0. The molecule has 0 saturated heterocycles. The molecule has 2 N–H and O–H groups in total. The Hall–Kier alpha value is -4.46. The number of methoxy groups -OCH3 is 2. The van der Waals surface area contributed by atoms with Gasteiger partial charge in [-0.05, 0) is 129 Å². The molecular weight excluding hydrogens is 636 g/mol. The largest absolute Gasteiger partial charge is 0.469 e. The number of carbonyl (C=O) groups excluding carboxylic acids is 2. The van der Waals surface area contributed by atoms with Gasteiger partial charge in [0, 0.05) is 40.5 Å². The van der Waals surface area contributed by atoms with Crippen molar-refractivity contribution < 1.29 is 19.1 Å². The molecule has 8 nitrogen and oxygen atoms in total. The number of aromatic nitrogens is 4. The van der Waals surface area contributed by atoms with Gasteiger partial charge in [-0.2, -0.15) is 0 Å². The van der Waals surface area contributed by atoms with Gasteiger partial charge in [-0.3, -0.25) is 9.59 Å². The molecule has 8 bridgehead atoms. The Labute approximate surface area is 303 Å². The van der Waals surface area contributed by atoms with Crippen molar-refractivity contribution in [1.29, 1.82) is 0 Å². The smallest absolute Gasteiger partial charge is 0.305 e. The van der Waals surface area contributed by atoms with Crippen molar-refractivity contribution >= 4 is 56.3 Å². The fraction of sp³-hybridized carbons (Fsp3) is 0.488. The Bertz CT molecular complexity index is 1910. The second-order valence-corrected chi connectivity index (χ2v) is 13.9. The van der Waals surface area contributed by atoms with E-state index in [1.54, 1.807) is 0 Å². The lowest BCUT2D eigenvalue weighted by Gasteiger charge is -2.10. The molecule has 0 aromatic carbocycles. The van der Waals surface area contributed by atoms with Crippen LogP contribution in [-0.4, -0.2) is 46.1 Å². The van der Waals surface area contributed by atoms with Crippen LogP contribution in [0.25, 0.3) is 44.4 Å². The monoisotopic (exact) mass is 692 g/mol. The zero-order chi connectivity index (χ0) is 36.8.